The van der Waals surface area contributed by atoms with Crippen LogP contribution in [0, 0.1) is 0 Å². The molecule has 0 aliphatic rings. The zero-order valence-corrected chi connectivity index (χ0v) is 19.7. The van der Waals surface area contributed by atoms with Crippen LogP contribution >= 0.6 is 0 Å². The molecule has 0 bridgehead atoms. The maximum atomic E-state index is 13.9. The summed E-state index contributed by atoms with van der Waals surface area (Å²) in [6, 6.07) is 11.1. The Hall–Kier alpha value is -3.94. The molecule has 0 aliphatic heterocycles. The van der Waals surface area contributed by atoms with Gasteiger partial charge < -0.3 is 10.5 Å². The molecular weight excluding hydrogens is 526 g/mol. The minimum Gasteiger partial charge on any atom is -0.457 e. The molecule has 14 heteroatoms. The largest absolute Gasteiger partial charge is 0.457 e. The monoisotopic (exact) mass is 544 g/mol. The standard InChI is InChI=1S/C23H18F6N4O3S/c1-31-33-32-21(30)11-14-9-15(22(24,25)26)12-16(10-14)36-20-8-7-18(13-19(20)23(27,28)29)37(34,35)17-5-3-2-4-6-17/h2-10,12-13H,11H2,1H3,(H2,30,31,32). The number of ether oxygens (including phenoxy) is 1. The molecule has 0 spiro atoms. The van der Waals surface area contributed by atoms with Crippen molar-refractivity contribution >= 4 is 15.7 Å². The van der Waals surface area contributed by atoms with Gasteiger partial charge in [-0.15, -0.1) is 5.10 Å². The maximum Gasteiger partial charge on any atom is 0.420 e. The predicted molar refractivity (Wildman–Crippen MR) is 121 cm³/mol. The minimum atomic E-state index is -5.09. The van der Waals surface area contributed by atoms with Gasteiger partial charge in [-0.25, -0.2) is 8.42 Å². The number of hydrogen-bond donors (Lipinski definition) is 1. The Bertz CT molecular complexity index is 1440. The van der Waals surface area contributed by atoms with E-state index in [9.17, 15) is 34.8 Å². The molecule has 196 valence electrons. The topological polar surface area (TPSA) is 106 Å². The lowest BCUT2D eigenvalue weighted by Gasteiger charge is -2.17. The molecule has 0 fully saturated rings. The molecule has 2 N–H and O–H groups in total. The number of hydrogen-bond acceptors (Lipinski definition) is 5. The summed E-state index contributed by atoms with van der Waals surface area (Å²) in [5, 5.41) is 10.1. The van der Waals surface area contributed by atoms with Crippen molar-refractivity contribution in [2.24, 2.45) is 21.2 Å². The third-order valence-electron chi connectivity index (χ3n) is 4.79. The van der Waals surface area contributed by atoms with E-state index in [-0.39, 0.29) is 22.7 Å². The van der Waals surface area contributed by atoms with Gasteiger partial charge in [0, 0.05) is 6.42 Å². The quantitative estimate of drug-likeness (QED) is 0.125. The number of amidine groups is 1. The average molecular weight is 544 g/mol. The number of nitrogens with two attached hydrogens (primary N) is 1. The first kappa shape index (κ1) is 27.6. The lowest BCUT2D eigenvalue weighted by Crippen LogP contribution is -2.15. The summed E-state index contributed by atoms with van der Waals surface area (Å²) in [6.45, 7) is 0. The highest BCUT2D eigenvalue weighted by atomic mass is 32.2. The van der Waals surface area contributed by atoms with Gasteiger partial charge >= 0.3 is 12.4 Å². The molecular formula is C23H18F6N4O3S. The molecule has 3 aromatic carbocycles. The van der Waals surface area contributed by atoms with Crippen molar-refractivity contribution in [1.82, 2.24) is 0 Å². The Morgan fingerprint density at radius 3 is 2.16 bits per heavy atom. The number of alkyl halides is 6. The molecule has 37 heavy (non-hydrogen) atoms. The molecule has 0 atom stereocenters. The van der Waals surface area contributed by atoms with Crippen molar-refractivity contribution in [3.63, 3.8) is 0 Å². The van der Waals surface area contributed by atoms with E-state index < -0.39 is 49.7 Å². The molecule has 0 heterocycles. The molecule has 3 rings (SSSR count). The van der Waals surface area contributed by atoms with Gasteiger partial charge in [-0.2, -0.15) is 31.5 Å². The SMILES string of the molecule is C/N=N\N=C(/N)Cc1cc(Oc2ccc(S(=O)(=O)c3ccccc3)cc2C(F)(F)F)cc(C(F)(F)F)c1. The molecule has 0 radical (unpaired) electrons. The van der Waals surface area contributed by atoms with Crippen LogP contribution in [-0.2, 0) is 28.6 Å². The van der Waals surface area contributed by atoms with Crippen LogP contribution < -0.4 is 10.5 Å². The van der Waals surface area contributed by atoms with Crippen LogP contribution in [0.4, 0.5) is 26.3 Å². The van der Waals surface area contributed by atoms with Gasteiger partial charge in [-0.3, -0.25) is 0 Å². The third kappa shape index (κ3) is 6.84. The van der Waals surface area contributed by atoms with Crippen molar-refractivity contribution in [3.05, 3.63) is 83.4 Å². The fourth-order valence-corrected chi connectivity index (χ4v) is 4.49. The molecule has 3 aromatic rings. The van der Waals surface area contributed by atoms with Crippen LogP contribution in [0.25, 0.3) is 0 Å². The summed E-state index contributed by atoms with van der Waals surface area (Å²) in [4.78, 5) is -0.904. The smallest absolute Gasteiger partial charge is 0.420 e. The Morgan fingerprint density at radius 1 is 0.892 bits per heavy atom. The van der Waals surface area contributed by atoms with Crippen molar-refractivity contribution in [1.29, 1.82) is 0 Å². The van der Waals surface area contributed by atoms with Crippen molar-refractivity contribution in [2.45, 2.75) is 28.6 Å². The van der Waals surface area contributed by atoms with Gasteiger partial charge in [0.05, 0.1) is 28.0 Å². The van der Waals surface area contributed by atoms with Crippen LogP contribution in [0.2, 0.25) is 0 Å². The number of nitrogens with zero attached hydrogens (tertiary/aromatic N) is 3. The average Bonchev–Trinajstić information content (AvgIpc) is 2.82. The molecule has 7 nitrogen and oxygen atoms in total. The molecule has 0 unspecified atom stereocenters. The van der Waals surface area contributed by atoms with Gasteiger partial charge in [-0.05, 0) is 59.3 Å². The maximum absolute atomic E-state index is 13.9. The molecule has 0 amide bonds. The van der Waals surface area contributed by atoms with Crippen molar-refractivity contribution in [2.75, 3.05) is 7.05 Å². The highest BCUT2D eigenvalue weighted by Crippen LogP contribution is 2.41. The number of halogens is 6. The minimum absolute atomic E-state index is 0.0748. The number of rotatable bonds is 7. The van der Waals surface area contributed by atoms with E-state index in [4.69, 9.17) is 10.5 Å². The number of benzene rings is 3. The first-order valence-corrected chi connectivity index (χ1v) is 11.7. The van der Waals surface area contributed by atoms with Gasteiger partial charge in [-0.1, -0.05) is 18.2 Å². The van der Waals surface area contributed by atoms with E-state index in [0.717, 1.165) is 24.3 Å². The summed E-state index contributed by atoms with van der Waals surface area (Å²) < 4.78 is 113. The summed E-state index contributed by atoms with van der Waals surface area (Å²) >= 11 is 0. The van der Waals surface area contributed by atoms with Gasteiger partial charge in [0.2, 0.25) is 9.84 Å². The fraction of sp³-hybridized carbons (Fsp3) is 0.174. The van der Waals surface area contributed by atoms with Crippen molar-refractivity contribution in [3.8, 4) is 11.5 Å². The van der Waals surface area contributed by atoms with Gasteiger partial charge in [0.25, 0.3) is 0 Å². The molecule has 0 aromatic heterocycles. The number of sulfone groups is 1. The fourth-order valence-electron chi connectivity index (χ4n) is 3.18. The summed E-state index contributed by atoms with van der Waals surface area (Å²) in [7, 11) is -3.02. The Morgan fingerprint density at radius 2 is 1.57 bits per heavy atom. The zero-order valence-electron chi connectivity index (χ0n) is 18.9. The van der Waals surface area contributed by atoms with Crippen molar-refractivity contribution < 1.29 is 39.5 Å². The second-order valence-corrected chi connectivity index (χ2v) is 9.44. The predicted octanol–water partition coefficient (Wildman–Crippen LogP) is 6.25. The van der Waals surface area contributed by atoms with E-state index in [1.165, 1.54) is 37.4 Å². The summed E-state index contributed by atoms with van der Waals surface area (Å²) in [5.74, 6) is -1.69. The summed E-state index contributed by atoms with van der Waals surface area (Å²) in [5.41, 5.74) is 2.83. The van der Waals surface area contributed by atoms with E-state index in [2.05, 4.69) is 15.4 Å². The second-order valence-electron chi connectivity index (χ2n) is 7.50. The van der Waals surface area contributed by atoms with E-state index >= 15 is 0 Å². The van der Waals surface area contributed by atoms with Crippen LogP contribution in [0.5, 0.6) is 11.5 Å². The Balaban J connectivity index is 2.08. The Labute approximate surface area is 207 Å². The van der Waals surface area contributed by atoms with Gasteiger partial charge in [0.15, 0.2) is 0 Å². The van der Waals surface area contributed by atoms with Crippen LogP contribution in [-0.4, -0.2) is 21.3 Å². The Kier molecular flexibility index (Phi) is 7.91. The second kappa shape index (κ2) is 10.6. The molecule has 0 saturated carbocycles. The van der Waals surface area contributed by atoms with Gasteiger partial charge in [0.1, 0.15) is 17.3 Å². The highest BCUT2D eigenvalue weighted by molar-refractivity contribution is 7.91. The first-order chi connectivity index (χ1) is 17.2. The first-order valence-electron chi connectivity index (χ1n) is 10.2. The lowest BCUT2D eigenvalue weighted by atomic mass is 10.1. The van der Waals surface area contributed by atoms with E-state index in [1.54, 1.807) is 0 Å². The zero-order chi connectivity index (χ0) is 27.4. The highest BCUT2D eigenvalue weighted by Gasteiger charge is 2.37. The van der Waals surface area contributed by atoms with E-state index in [1.807, 2.05) is 0 Å². The molecule has 0 saturated heterocycles. The third-order valence-corrected chi connectivity index (χ3v) is 6.56. The normalized spacial score (nSPS) is 13.2. The summed E-state index contributed by atoms with van der Waals surface area (Å²) in [6.07, 6.45) is -10.3. The lowest BCUT2D eigenvalue weighted by molar-refractivity contribution is -0.139. The van der Waals surface area contributed by atoms with Crippen LogP contribution in [0.15, 0.2) is 92.0 Å². The van der Waals surface area contributed by atoms with Crippen LogP contribution in [0.3, 0.4) is 0 Å². The van der Waals surface area contributed by atoms with Crippen LogP contribution in [0.1, 0.15) is 16.7 Å². The molecule has 0 aliphatic carbocycles. The van der Waals surface area contributed by atoms with E-state index in [0.29, 0.717) is 12.1 Å².